The molecule has 1 unspecified atom stereocenters. The molecule has 0 aromatic rings. The van der Waals surface area contributed by atoms with Crippen molar-refractivity contribution in [3.05, 3.63) is 0 Å². The lowest BCUT2D eigenvalue weighted by Crippen LogP contribution is -2.42. The highest BCUT2D eigenvalue weighted by atomic mass is 16.2. The van der Waals surface area contributed by atoms with E-state index in [1.54, 1.807) is 11.8 Å². The average Bonchev–Trinajstić information content (AvgIpc) is 2.11. The van der Waals surface area contributed by atoms with Gasteiger partial charge in [0.05, 0.1) is 6.07 Å². The van der Waals surface area contributed by atoms with Crippen LogP contribution < -0.4 is 0 Å². The van der Waals surface area contributed by atoms with E-state index in [0.29, 0.717) is 5.92 Å². The van der Waals surface area contributed by atoms with E-state index in [2.05, 4.69) is 13.8 Å². The molecule has 0 N–H and O–H groups in total. The first-order valence-corrected chi connectivity index (χ1v) is 5.10. The molecule has 0 radical (unpaired) electrons. The van der Waals surface area contributed by atoms with Gasteiger partial charge < -0.3 is 4.90 Å². The van der Waals surface area contributed by atoms with E-state index in [4.69, 9.17) is 5.26 Å². The van der Waals surface area contributed by atoms with Crippen LogP contribution >= 0.6 is 0 Å². The van der Waals surface area contributed by atoms with Gasteiger partial charge in [0, 0.05) is 12.6 Å². The number of nitrogens with zero attached hydrogens (tertiary/aromatic N) is 2. The Hall–Kier alpha value is -1.04. The lowest BCUT2D eigenvalue weighted by atomic mass is 10.1. The molecular weight excluding hydrogens is 176 g/mol. The van der Waals surface area contributed by atoms with Gasteiger partial charge in [0.1, 0.15) is 5.92 Å². The monoisotopic (exact) mass is 196 g/mol. The highest BCUT2D eigenvalue weighted by molar-refractivity contribution is 5.81. The van der Waals surface area contributed by atoms with Gasteiger partial charge in [-0.25, -0.2) is 0 Å². The summed E-state index contributed by atoms with van der Waals surface area (Å²) in [7, 11) is 0. The molecule has 0 fully saturated rings. The quantitative estimate of drug-likeness (QED) is 0.690. The lowest BCUT2D eigenvalue weighted by Gasteiger charge is -2.29. The Labute approximate surface area is 86.7 Å². The topological polar surface area (TPSA) is 44.1 Å². The van der Waals surface area contributed by atoms with Crippen LogP contribution in [-0.4, -0.2) is 23.4 Å². The van der Waals surface area contributed by atoms with Gasteiger partial charge in [-0.1, -0.05) is 13.8 Å². The van der Waals surface area contributed by atoms with Crippen molar-refractivity contribution >= 4 is 5.91 Å². The molecule has 1 atom stereocenters. The first-order chi connectivity index (χ1) is 6.40. The smallest absolute Gasteiger partial charge is 0.239 e. The van der Waals surface area contributed by atoms with Crippen LogP contribution in [0, 0.1) is 23.2 Å². The van der Waals surface area contributed by atoms with Crippen LogP contribution in [0.2, 0.25) is 0 Å². The van der Waals surface area contributed by atoms with E-state index >= 15 is 0 Å². The third kappa shape index (κ3) is 3.78. The first kappa shape index (κ1) is 13.0. The highest BCUT2D eigenvalue weighted by Gasteiger charge is 2.22. The van der Waals surface area contributed by atoms with Gasteiger partial charge in [0.2, 0.25) is 5.91 Å². The molecule has 0 spiro atoms. The van der Waals surface area contributed by atoms with Crippen molar-refractivity contribution < 1.29 is 4.79 Å². The van der Waals surface area contributed by atoms with Crippen LogP contribution in [0.3, 0.4) is 0 Å². The Morgan fingerprint density at radius 2 is 1.79 bits per heavy atom. The normalized spacial score (nSPS) is 12.7. The van der Waals surface area contributed by atoms with Crippen LogP contribution in [0.15, 0.2) is 0 Å². The average molecular weight is 196 g/mol. The van der Waals surface area contributed by atoms with Crippen LogP contribution in [0.4, 0.5) is 0 Å². The van der Waals surface area contributed by atoms with Crippen LogP contribution in [-0.2, 0) is 4.79 Å². The molecule has 3 heteroatoms. The summed E-state index contributed by atoms with van der Waals surface area (Å²) in [5, 5.41) is 8.67. The zero-order chi connectivity index (χ0) is 11.3. The third-order valence-corrected chi connectivity index (χ3v) is 2.03. The molecule has 0 aliphatic carbocycles. The summed E-state index contributed by atoms with van der Waals surface area (Å²) in [4.78, 5) is 13.5. The predicted molar refractivity (Wildman–Crippen MR) is 56.5 cm³/mol. The van der Waals surface area contributed by atoms with Gasteiger partial charge in [0.25, 0.3) is 0 Å². The second-order valence-corrected chi connectivity index (χ2v) is 4.33. The summed E-state index contributed by atoms with van der Waals surface area (Å²) >= 11 is 0. The molecule has 14 heavy (non-hydrogen) atoms. The minimum atomic E-state index is -0.531. The number of carbonyl (C=O) groups is 1. The number of nitriles is 1. The third-order valence-electron chi connectivity index (χ3n) is 2.03. The molecule has 0 aromatic carbocycles. The SMILES string of the molecule is CC(C)CN(C(=O)C(C)C#N)C(C)C. The van der Waals surface area contributed by atoms with Crippen molar-refractivity contribution in [3.63, 3.8) is 0 Å². The van der Waals surface area contributed by atoms with E-state index in [-0.39, 0.29) is 11.9 Å². The van der Waals surface area contributed by atoms with Crippen molar-refractivity contribution in [2.75, 3.05) is 6.54 Å². The molecule has 0 bridgehead atoms. The Bertz CT molecular complexity index is 228. The Morgan fingerprint density at radius 1 is 1.29 bits per heavy atom. The summed E-state index contributed by atoms with van der Waals surface area (Å²) in [5.41, 5.74) is 0. The molecule has 0 aliphatic rings. The summed E-state index contributed by atoms with van der Waals surface area (Å²) in [6.45, 7) is 10.5. The minimum Gasteiger partial charge on any atom is -0.339 e. The second kappa shape index (κ2) is 5.64. The van der Waals surface area contributed by atoms with E-state index in [9.17, 15) is 4.79 Å². The van der Waals surface area contributed by atoms with E-state index in [1.807, 2.05) is 19.9 Å². The molecule has 1 amide bonds. The number of rotatable bonds is 4. The maximum Gasteiger partial charge on any atom is 0.239 e. The van der Waals surface area contributed by atoms with Crippen molar-refractivity contribution in [2.24, 2.45) is 11.8 Å². The Kier molecular flexibility index (Phi) is 5.22. The molecule has 0 saturated heterocycles. The summed E-state index contributed by atoms with van der Waals surface area (Å²) in [5.74, 6) is -0.153. The van der Waals surface area contributed by atoms with Gasteiger partial charge >= 0.3 is 0 Å². The summed E-state index contributed by atoms with van der Waals surface area (Å²) < 4.78 is 0. The van der Waals surface area contributed by atoms with Crippen LogP contribution in [0.25, 0.3) is 0 Å². The fourth-order valence-corrected chi connectivity index (χ4v) is 1.25. The molecule has 0 saturated carbocycles. The van der Waals surface area contributed by atoms with Gasteiger partial charge in [-0.05, 0) is 26.7 Å². The Balaban J connectivity index is 4.51. The number of hydrogen-bond acceptors (Lipinski definition) is 2. The number of amides is 1. The molecular formula is C11H20N2O. The molecule has 0 heterocycles. The largest absolute Gasteiger partial charge is 0.339 e. The maximum absolute atomic E-state index is 11.8. The maximum atomic E-state index is 11.8. The molecule has 0 aliphatic heterocycles. The van der Waals surface area contributed by atoms with Crippen molar-refractivity contribution in [3.8, 4) is 6.07 Å². The van der Waals surface area contributed by atoms with E-state index in [1.165, 1.54) is 0 Å². The zero-order valence-corrected chi connectivity index (χ0v) is 9.74. The number of carbonyl (C=O) groups excluding carboxylic acids is 1. The van der Waals surface area contributed by atoms with E-state index < -0.39 is 5.92 Å². The van der Waals surface area contributed by atoms with Crippen LogP contribution in [0.5, 0.6) is 0 Å². The number of hydrogen-bond donors (Lipinski definition) is 0. The van der Waals surface area contributed by atoms with E-state index in [0.717, 1.165) is 6.54 Å². The molecule has 0 aromatic heterocycles. The van der Waals surface area contributed by atoms with Gasteiger partial charge in [-0.3, -0.25) is 4.79 Å². The molecule has 3 nitrogen and oxygen atoms in total. The summed E-state index contributed by atoms with van der Waals surface area (Å²) in [6, 6.07) is 2.15. The van der Waals surface area contributed by atoms with Crippen LogP contribution in [0.1, 0.15) is 34.6 Å². The van der Waals surface area contributed by atoms with Crippen molar-refractivity contribution in [2.45, 2.75) is 40.7 Å². The first-order valence-electron chi connectivity index (χ1n) is 5.10. The Morgan fingerprint density at radius 3 is 2.07 bits per heavy atom. The highest BCUT2D eigenvalue weighted by Crippen LogP contribution is 2.09. The minimum absolute atomic E-state index is 0.0591. The van der Waals surface area contributed by atoms with Gasteiger partial charge in [-0.2, -0.15) is 5.26 Å². The summed E-state index contributed by atoms with van der Waals surface area (Å²) in [6.07, 6.45) is 0. The van der Waals surface area contributed by atoms with Crippen molar-refractivity contribution in [1.29, 1.82) is 5.26 Å². The fraction of sp³-hybridized carbons (Fsp3) is 0.818. The van der Waals surface area contributed by atoms with Gasteiger partial charge in [-0.15, -0.1) is 0 Å². The molecule has 80 valence electrons. The molecule has 0 rings (SSSR count). The lowest BCUT2D eigenvalue weighted by molar-refractivity contribution is -0.135. The van der Waals surface area contributed by atoms with Gasteiger partial charge in [0.15, 0.2) is 0 Å². The fourth-order valence-electron chi connectivity index (χ4n) is 1.25. The second-order valence-electron chi connectivity index (χ2n) is 4.33. The van der Waals surface area contributed by atoms with Crippen molar-refractivity contribution in [1.82, 2.24) is 4.90 Å². The zero-order valence-electron chi connectivity index (χ0n) is 9.74. The standard InChI is InChI=1S/C11H20N2O/c1-8(2)7-13(9(3)4)11(14)10(5)6-12/h8-10H,7H2,1-5H3. The predicted octanol–water partition coefficient (Wildman–Crippen LogP) is 2.04.